The van der Waals surface area contributed by atoms with Gasteiger partial charge in [-0.2, -0.15) is 0 Å². The molecule has 0 bridgehead atoms. The zero-order chi connectivity index (χ0) is 16.9. The molecule has 0 fully saturated rings. The number of nitrogens with zero attached hydrogens (tertiary/aromatic N) is 3. The first-order chi connectivity index (χ1) is 11.6. The van der Waals surface area contributed by atoms with E-state index >= 15 is 0 Å². The highest BCUT2D eigenvalue weighted by Gasteiger charge is 2.09. The summed E-state index contributed by atoms with van der Waals surface area (Å²) in [6.07, 6.45) is 1.85. The Kier molecular flexibility index (Phi) is 4.76. The van der Waals surface area contributed by atoms with Crippen LogP contribution >= 0.6 is 11.8 Å². The van der Waals surface area contributed by atoms with Crippen molar-refractivity contribution in [2.45, 2.75) is 12.1 Å². The van der Waals surface area contributed by atoms with Crippen LogP contribution in [0.15, 0.2) is 53.8 Å². The van der Waals surface area contributed by atoms with E-state index in [4.69, 9.17) is 0 Å². The summed E-state index contributed by atoms with van der Waals surface area (Å²) in [4.78, 5) is 23.2. The lowest BCUT2D eigenvalue weighted by Crippen LogP contribution is -2.14. The number of pyridine rings is 1. The minimum Gasteiger partial charge on any atom is -0.326 e. The van der Waals surface area contributed by atoms with Gasteiger partial charge in [0, 0.05) is 24.5 Å². The lowest BCUT2D eigenvalue weighted by atomic mass is 10.2. The summed E-state index contributed by atoms with van der Waals surface area (Å²) in [7, 11) is 0. The van der Waals surface area contributed by atoms with Crippen molar-refractivity contribution in [2.75, 3.05) is 16.4 Å². The summed E-state index contributed by atoms with van der Waals surface area (Å²) in [6, 6.07) is 12.6. The fourth-order valence-electron chi connectivity index (χ4n) is 2.12. The van der Waals surface area contributed by atoms with Crippen molar-refractivity contribution in [3.63, 3.8) is 0 Å². The monoisotopic (exact) mass is 341 g/mol. The topological polar surface area (TPSA) is 88.4 Å². The van der Waals surface area contributed by atoms with Crippen molar-refractivity contribution in [3.05, 3.63) is 48.7 Å². The zero-order valence-electron chi connectivity index (χ0n) is 12.9. The lowest BCUT2D eigenvalue weighted by Gasteiger charge is -2.07. The van der Waals surface area contributed by atoms with E-state index in [9.17, 15) is 9.59 Å². The maximum absolute atomic E-state index is 12.1. The molecule has 7 nitrogen and oxygen atoms in total. The van der Waals surface area contributed by atoms with E-state index in [1.165, 1.54) is 18.7 Å². The third kappa shape index (κ3) is 3.90. The molecule has 122 valence electrons. The number of aromatic nitrogens is 3. The number of nitrogens with one attached hydrogen (secondary N) is 2. The van der Waals surface area contributed by atoms with Gasteiger partial charge in [-0.3, -0.25) is 14.0 Å². The van der Waals surface area contributed by atoms with Gasteiger partial charge >= 0.3 is 0 Å². The van der Waals surface area contributed by atoms with E-state index in [1.54, 1.807) is 24.3 Å². The van der Waals surface area contributed by atoms with E-state index in [1.807, 2.05) is 28.8 Å². The average molecular weight is 341 g/mol. The van der Waals surface area contributed by atoms with Crippen LogP contribution in [0.5, 0.6) is 0 Å². The van der Waals surface area contributed by atoms with Crippen molar-refractivity contribution in [1.29, 1.82) is 0 Å². The van der Waals surface area contributed by atoms with Gasteiger partial charge in [-0.25, -0.2) is 0 Å². The van der Waals surface area contributed by atoms with Crippen LogP contribution in [0.4, 0.5) is 11.4 Å². The summed E-state index contributed by atoms with van der Waals surface area (Å²) in [6.45, 7) is 1.44. The van der Waals surface area contributed by atoms with Crippen LogP contribution in [0.2, 0.25) is 0 Å². The van der Waals surface area contributed by atoms with Gasteiger partial charge in [-0.05, 0) is 30.3 Å². The normalized spacial score (nSPS) is 10.5. The second-order valence-electron chi connectivity index (χ2n) is 5.01. The molecule has 0 saturated heterocycles. The number of benzene rings is 1. The van der Waals surface area contributed by atoms with Crippen molar-refractivity contribution >= 4 is 40.6 Å². The number of carbonyl (C=O) groups is 2. The van der Waals surface area contributed by atoms with E-state index in [2.05, 4.69) is 20.8 Å². The Morgan fingerprint density at radius 2 is 1.88 bits per heavy atom. The van der Waals surface area contributed by atoms with Crippen molar-refractivity contribution in [1.82, 2.24) is 14.6 Å². The minimum absolute atomic E-state index is 0.160. The predicted molar refractivity (Wildman–Crippen MR) is 93.1 cm³/mol. The van der Waals surface area contributed by atoms with Gasteiger partial charge < -0.3 is 10.6 Å². The van der Waals surface area contributed by atoms with Gasteiger partial charge in [-0.1, -0.05) is 23.9 Å². The van der Waals surface area contributed by atoms with Gasteiger partial charge in [0.25, 0.3) is 0 Å². The number of carbonyl (C=O) groups excluding carboxylic acids is 2. The maximum atomic E-state index is 12.1. The molecule has 2 heterocycles. The quantitative estimate of drug-likeness (QED) is 0.696. The summed E-state index contributed by atoms with van der Waals surface area (Å²) in [5.41, 5.74) is 2.00. The first-order valence-corrected chi connectivity index (χ1v) is 8.20. The van der Waals surface area contributed by atoms with Crippen LogP contribution < -0.4 is 10.6 Å². The second-order valence-corrected chi connectivity index (χ2v) is 5.95. The van der Waals surface area contributed by atoms with Crippen molar-refractivity contribution in [2.24, 2.45) is 0 Å². The Hall–Kier alpha value is -2.87. The molecule has 0 atom stereocenters. The van der Waals surface area contributed by atoms with Crippen LogP contribution in [-0.2, 0) is 9.59 Å². The fourth-order valence-corrected chi connectivity index (χ4v) is 2.85. The van der Waals surface area contributed by atoms with E-state index in [0.29, 0.717) is 16.5 Å². The molecule has 0 radical (unpaired) electrons. The highest BCUT2D eigenvalue weighted by molar-refractivity contribution is 7.99. The highest BCUT2D eigenvalue weighted by Crippen LogP contribution is 2.18. The summed E-state index contributed by atoms with van der Waals surface area (Å²) in [5, 5.41) is 14.2. The van der Waals surface area contributed by atoms with Crippen LogP contribution in [0, 0.1) is 0 Å². The molecule has 1 aromatic carbocycles. The second kappa shape index (κ2) is 7.14. The molecule has 0 aliphatic heterocycles. The molecule has 3 aromatic rings. The van der Waals surface area contributed by atoms with Gasteiger partial charge in [-0.15, -0.1) is 10.2 Å². The largest absolute Gasteiger partial charge is 0.326 e. The fraction of sp³-hybridized carbons (Fsp3) is 0.125. The Balaban J connectivity index is 1.61. The minimum atomic E-state index is -0.160. The molecule has 0 saturated carbocycles. The number of amides is 2. The van der Waals surface area contributed by atoms with Crippen LogP contribution in [0.25, 0.3) is 5.65 Å². The number of anilines is 2. The van der Waals surface area contributed by atoms with Crippen LogP contribution in [-0.4, -0.2) is 32.2 Å². The third-order valence-corrected chi connectivity index (χ3v) is 4.02. The van der Waals surface area contributed by atoms with E-state index in [0.717, 1.165) is 5.65 Å². The Labute approximate surface area is 142 Å². The van der Waals surface area contributed by atoms with Gasteiger partial charge in [0.1, 0.15) is 0 Å². The van der Waals surface area contributed by atoms with Gasteiger partial charge in [0.15, 0.2) is 10.8 Å². The first kappa shape index (κ1) is 16.0. The van der Waals surface area contributed by atoms with E-state index in [-0.39, 0.29) is 17.6 Å². The van der Waals surface area contributed by atoms with Crippen LogP contribution in [0.1, 0.15) is 6.92 Å². The molecule has 24 heavy (non-hydrogen) atoms. The molecule has 3 rings (SSSR count). The SMILES string of the molecule is CC(=O)Nc1cccc(NC(=O)CSc2nnc3ccccn23)c1. The molecule has 0 aliphatic rings. The molecule has 2 N–H and O–H groups in total. The molecule has 2 aromatic heterocycles. The highest BCUT2D eigenvalue weighted by atomic mass is 32.2. The third-order valence-electron chi connectivity index (χ3n) is 3.08. The van der Waals surface area contributed by atoms with Gasteiger partial charge in [0.2, 0.25) is 11.8 Å². The van der Waals surface area contributed by atoms with Crippen LogP contribution in [0.3, 0.4) is 0 Å². The zero-order valence-corrected chi connectivity index (χ0v) is 13.7. The first-order valence-electron chi connectivity index (χ1n) is 7.22. The van der Waals surface area contributed by atoms with Gasteiger partial charge in [0.05, 0.1) is 5.75 Å². The predicted octanol–water partition coefficient (Wildman–Crippen LogP) is 2.42. The summed E-state index contributed by atoms with van der Waals surface area (Å²) < 4.78 is 1.83. The number of hydrogen-bond donors (Lipinski definition) is 2. The molecule has 0 aliphatic carbocycles. The molecular formula is C16H15N5O2S. The molecule has 0 spiro atoms. The molecular weight excluding hydrogens is 326 g/mol. The Morgan fingerprint density at radius 1 is 1.08 bits per heavy atom. The lowest BCUT2D eigenvalue weighted by molar-refractivity contribution is -0.114. The Bertz CT molecular complexity index is 893. The summed E-state index contributed by atoms with van der Waals surface area (Å²) in [5.74, 6) is -0.111. The molecule has 2 amide bonds. The standard InChI is InChI=1S/C16H15N5O2S/c1-11(22)17-12-5-4-6-13(9-12)18-15(23)10-24-16-20-19-14-7-2-3-8-21(14)16/h2-9H,10H2,1H3,(H,17,22)(H,18,23). The number of fused-ring (bicyclic) bond motifs is 1. The van der Waals surface area contributed by atoms with Crippen molar-refractivity contribution < 1.29 is 9.59 Å². The van der Waals surface area contributed by atoms with E-state index < -0.39 is 0 Å². The Morgan fingerprint density at radius 3 is 2.67 bits per heavy atom. The number of hydrogen-bond acceptors (Lipinski definition) is 5. The molecule has 8 heteroatoms. The van der Waals surface area contributed by atoms with Crippen molar-refractivity contribution in [3.8, 4) is 0 Å². The summed E-state index contributed by atoms with van der Waals surface area (Å²) >= 11 is 1.31. The molecule has 0 unspecified atom stereocenters. The maximum Gasteiger partial charge on any atom is 0.234 e. The average Bonchev–Trinajstić information content (AvgIpc) is 2.96. The number of thioether (sulfide) groups is 1. The smallest absolute Gasteiger partial charge is 0.234 e. The number of rotatable bonds is 5.